The Morgan fingerprint density at radius 1 is 1.29 bits per heavy atom. The Morgan fingerprint density at radius 2 is 1.94 bits per heavy atom. The van der Waals surface area contributed by atoms with Crippen LogP contribution >= 0.6 is 0 Å². The SMILES string of the molecule is C[C@@H]1CC[C@H](N[C@@H](C)CCS(C)(=O)=O)[C@H](C)C1. The third kappa shape index (κ3) is 5.87. The van der Waals surface area contributed by atoms with Gasteiger partial charge in [0.05, 0.1) is 5.75 Å². The largest absolute Gasteiger partial charge is 0.311 e. The minimum absolute atomic E-state index is 0.290. The lowest BCUT2D eigenvalue weighted by molar-refractivity contribution is 0.215. The quantitative estimate of drug-likeness (QED) is 0.825. The molecular weight excluding hydrogens is 234 g/mol. The molecule has 1 aliphatic rings. The van der Waals surface area contributed by atoms with E-state index in [1.54, 1.807) is 0 Å². The molecule has 0 heterocycles. The highest BCUT2D eigenvalue weighted by Crippen LogP contribution is 2.28. The number of sulfone groups is 1. The van der Waals surface area contributed by atoms with E-state index in [1.165, 1.54) is 25.5 Å². The second-order valence-electron chi connectivity index (χ2n) is 5.99. The summed E-state index contributed by atoms with van der Waals surface area (Å²) < 4.78 is 22.2. The van der Waals surface area contributed by atoms with Crippen LogP contribution in [0.2, 0.25) is 0 Å². The van der Waals surface area contributed by atoms with Crippen molar-refractivity contribution in [2.75, 3.05) is 12.0 Å². The van der Waals surface area contributed by atoms with Gasteiger partial charge in [0, 0.05) is 18.3 Å². The van der Waals surface area contributed by atoms with Gasteiger partial charge in [0.1, 0.15) is 9.84 Å². The van der Waals surface area contributed by atoms with E-state index >= 15 is 0 Å². The predicted octanol–water partition coefficient (Wildman–Crippen LogP) is 2.22. The van der Waals surface area contributed by atoms with Crippen LogP contribution in [0.1, 0.15) is 46.5 Å². The second-order valence-corrected chi connectivity index (χ2v) is 8.25. The Hall–Kier alpha value is -0.0900. The average Bonchev–Trinajstić information content (AvgIpc) is 2.18. The maximum atomic E-state index is 11.1. The molecule has 0 saturated heterocycles. The van der Waals surface area contributed by atoms with E-state index in [9.17, 15) is 8.42 Å². The molecular formula is C13H27NO2S. The van der Waals surface area contributed by atoms with Crippen LogP contribution in [0.15, 0.2) is 0 Å². The van der Waals surface area contributed by atoms with Gasteiger partial charge in [-0.2, -0.15) is 0 Å². The molecule has 1 aliphatic carbocycles. The molecule has 0 amide bonds. The van der Waals surface area contributed by atoms with Crippen LogP contribution in [0, 0.1) is 11.8 Å². The lowest BCUT2D eigenvalue weighted by Gasteiger charge is -2.35. The van der Waals surface area contributed by atoms with Crippen molar-refractivity contribution in [3.8, 4) is 0 Å². The Balaban J connectivity index is 2.33. The zero-order chi connectivity index (χ0) is 13.1. The molecule has 1 saturated carbocycles. The lowest BCUT2D eigenvalue weighted by Crippen LogP contribution is -2.44. The van der Waals surface area contributed by atoms with E-state index in [1.807, 2.05) is 0 Å². The predicted molar refractivity (Wildman–Crippen MR) is 72.9 cm³/mol. The van der Waals surface area contributed by atoms with Crippen molar-refractivity contribution >= 4 is 9.84 Å². The summed E-state index contributed by atoms with van der Waals surface area (Å²) >= 11 is 0. The molecule has 4 heteroatoms. The van der Waals surface area contributed by atoms with Crippen molar-refractivity contribution in [1.29, 1.82) is 0 Å². The standard InChI is InChI=1S/C13H27NO2S/c1-10-5-6-13(11(2)9-10)14-12(3)7-8-17(4,15)16/h10-14H,5-9H2,1-4H3/t10-,11-,12+,13+/m1/s1. The Labute approximate surface area is 106 Å². The molecule has 0 unspecified atom stereocenters. The van der Waals surface area contributed by atoms with Crippen molar-refractivity contribution in [2.24, 2.45) is 11.8 Å². The Morgan fingerprint density at radius 3 is 2.47 bits per heavy atom. The topological polar surface area (TPSA) is 46.2 Å². The molecule has 102 valence electrons. The van der Waals surface area contributed by atoms with Crippen LogP contribution in [-0.2, 0) is 9.84 Å². The fourth-order valence-corrected chi connectivity index (χ4v) is 3.53. The lowest BCUT2D eigenvalue weighted by atomic mass is 9.79. The third-order valence-electron chi connectivity index (χ3n) is 3.85. The highest BCUT2D eigenvalue weighted by Gasteiger charge is 2.26. The van der Waals surface area contributed by atoms with E-state index in [4.69, 9.17) is 0 Å². The minimum atomic E-state index is -2.82. The fraction of sp³-hybridized carbons (Fsp3) is 1.00. The van der Waals surface area contributed by atoms with Crippen LogP contribution in [0.3, 0.4) is 0 Å². The molecule has 1 fully saturated rings. The van der Waals surface area contributed by atoms with Crippen molar-refractivity contribution < 1.29 is 8.42 Å². The normalized spacial score (nSPS) is 32.4. The summed E-state index contributed by atoms with van der Waals surface area (Å²) in [6.45, 7) is 6.71. The Bertz CT molecular complexity index is 326. The summed E-state index contributed by atoms with van der Waals surface area (Å²) in [5.74, 6) is 1.84. The first-order valence-corrected chi connectivity index (χ1v) is 8.77. The summed E-state index contributed by atoms with van der Waals surface area (Å²) in [4.78, 5) is 0. The van der Waals surface area contributed by atoms with Gasteiger partial charge in [-0.25, -0.2) is 8.42 Å². The zero-order valence-corrected chi connectivity index (χ0v) is 12.4. The van der Waals surface area contributed by atoms with Crippen molar-refractivity contribution in [1.82, 2.24) is 5.32 Å². The van der Waals surface area contributed by atoms with Crippen LogP contribution in [0.5, 0.6) is 0 Å². The van der Waals surface area contributed by atoms with E-state index in [-0.39, 0.29) is 0 Å². The molecule has 0 radical (unpaired) electrons. The number of hydrogen-bond donors (Lipinski definition) is 1. The molecule has 0 spiro atoms. The highest BCUT2D eigenvalue weighted by atomic mass is 32.2. The maximum Gasteiger partial charge on any atom is 0.147 e. The van der Waals surface area contributed by atoms with Crippen molar-refractivity contribution in [2.45, 2.75) is 58.5 Å². The van der Waals surface area contributed by atoms with Crippen LogP contribution in [0.25, 0.3) is 0 Å². The molecule has 4 atom stereocenters. The van der Waals surface area contributed by atoms with E-state index in [0.29, 0.717) is 23.8 Å². The molecule has 0 aromatic rings. The van der Waals surface area contributed by atoms with Gasteiger partial charge in [0.25, 0.3) is 0 Å². The summed E-state index contributed by atoms with van der Waals surface area (Å²) in [7, 11) is -2.82. The molecule has 0 bridgehead atoms. The van der Waals surface area contributed by atoms with E-state index in [0.717, 1.165) is 12.3 Å². The first kappa shape index (κ1) is 15.0. The fourth-order valence-electron chi connectivity index (χ4n) is 2.75. The number of nitrogens with one attached hydrogen (secondary N) is 1. The smallest absolute Gasteiger partial charge is 0.147 e. The molecule has 1 N–H and O–H groups in total. The van der Waals surface area contributed by atoms with Crippen LogP contribution in [0.4, 0.5) is 0 Å². The highest BCUT2D eigenvalue weighted by molar-refractivity contribution is 7.90. The average molecular weight is 261 g/mol. The van der Waals surface area contributed by atoms with Gasteiger partial charge < -0.3 is 5.32 Å². The Kier molecular flexibility index (Phi) is 5.45. The van der Waals surface area contributed by atoms with Crippen molar-refractivity contribution in [3.05, 3.63) is 0 Å². The summed E-state index contributed by atoms with van der Waals surface area (Å²) in [6.07, 6.45) is 5.84. The van der Waals surface area contributed by atoms with Gasteiger partial charge in [0.15, 0.2) is 0 Å². The molecule has 0 aromatic heterocycles. The zero-order valence-electron chi connectivity index (χ0n) is 11.6. The second kappa shape index (κ2) is 6.19. The van der Waals surface area contributed by atoms with E-state index < -0.39 is 9.84 Å². The number of hydrogen-bond acceptors (Lipinski definition) is 3. The molecule has 0 aromatic carbocycles. The maximum absolute atomic E-state index is 11.1. The first-order chi connectivity index (χ1) is 7.78. The van der Waals surface area contributed by atoms with Crippen LogP contribution in [-0.4, -0.2) is 32.5 Å². The van der Waals surface area contributed by atoms with Gasteiger partial charge in [-0.3, -0.25) is 0 Å². The monoisotopic (exact) mass is 261 g/mol. The summed E-state index contributed by atoms with van der Waals surface area (Å²) in [5.41, 5.74) is 0. The van der Waals surface area contributed by atoms with Crippen molar-refractivity contribution in [3.63, 3.8) is 0 Å². The molecule has 0 aliphatic heterocycles. The third-order valence-corrected chi connectivity index (χ3v) is 4.83. The first-order valence-electron chi connectivity index (χ1n) is 6.71. The van der Waals surface area contributed by atoms with Gasteiger partial charge in [-0.15, -0.1) is 0 Å². The van der Waals surface area contributed by atoms with Gasteiger partial charge in [-0.05, 0) is 44.4 Å². The van der Waals surface area contributed by atoms with Gasteiger partial charge >= 0.3 is 0 Å². The van der Waals surface area contributed by atoms with E-state index in [2.05, 4.69) is 26.1 Å². The van der Waals surface area contributed by atoms with Crippen LogP contribution < -0.4 is 5.32 Å². The van der Waals surface area contributed by atoms with Gasteiger partial charge in [-0.1, -0.05) is 13.8 Å². The van der Waals surface area contributed by atoms with Gasteiger partial charge in [0.2, 0.25) is 0 Å². The summed E-state index contributed by atoms with van der Waals surface area (Å²) in [6, 6.07) is 0.867. The minimum Gasteiger partial charge on any atom is -0.311 e. The molecule has 17 heavy (non-hydrogen) atoms. The number of rotatable bonds is 5. The molecule has 3 nitrogen and oxygen atoms in total. The molecule has 1 rings (SSSR count). The summed E-state index contributed by atoms with van der Waals surface area (Å²) in [5, 5.41) is 3.60.